The maximum absolute atomic E-state index is 12.9. The second-order valence-electron chi connectivity index (χ2n) is 19.0. The van der Waals surface area contributed by atoms with Gasteiger partial charge in [-0.1, -0.05) is 252 Å². The number of hydrogen-bond donors (Lipinski definition) is 0. The molecule has 0 rings (SSSR count). The van der Waals surface area contributed by atoms with Crippen molar-refractivity contribution in [1.29, 1.82) is 0 Å². The van der Waals surface area contributed by atoms with Crippen molar-refractivity contribution in [3.05, 3.63) is 109 Å². The van der Waals surface area contributed by atoms with Crippen LogP contribution in [0.25, 0.3) is 0 Å². The third kappa shape index (κ3) is 55.0. The van der Waals surface area contributed by atoms with Gasteiger partial charge in [0.05, 0.1) is 0 Å². The summed E-state index contributed by atoms with van der Waals surface area (Å²) in [5, 5.41) is 0. The largest absolute Gasteiger partial charge is 0.462 e. The Labute approximate surface area is 431 Å². The van der Waals surface area contributed by atoms with Crippen LogP contribution in [0.1, 0.15) is 258 Å². The number of unbranched alkanes of at least 4 members (excludes halogenated alkanes) is 28. The lowest BCUT2D eigenvalue weighted by Gasteiger charge is -2.18. The fourth-order valence-corrected chi connectivity index (χ4v) is 7.74. The molecule has 0 aliphatic carbocycles. The third-order valence-electron chi connectivity index (χ3n) is 12.2. The summed E-state index contributed by atoms with van der Waals surface area (Å²) in [6.07, 6.45) is 77.8. The number of carbonyl (C=O) groups is 3. The zero-order chi connectivity index (χ0) is 50.7. The normalized spacial score (nSPS) is 12.9. The predicted octanol–water partition coefficient (Wildman–Crippen LogP) is 19.5. The Hall–Kier alpha value is -3.93. The molecule has 0 N–H and O–H groups in total. The molecule has 1 atom stereocenters. The fourth-order valence-electron chi connectivity index (χ4n) is 7.74. The minimum absolute atomic E-state index is 0.109. The zero-order valence-corrected chi connectivity index (χ0v) is 45.5. The molecule has 0 amide bonds. The van der Waals surface area contributed by atoms with Gasteiger partial charge in [0, 0.05) is 19.3 Å². The van der Waals surface area contributed by atoms with Gasteiger partial charge in [-0.15, -0.1) is 0 Å². The molecule has 0 aliphatic rings. The SMILES string of the molecule is CCCCC\C=C/C=C\C=C/C=C\CCCCCCCC(=O)OCC(COC(=O)CCCCC/C=C\C=C/CCCCCCCCC)OC(=O)CCCCCCC\C=C/C=C\C=C/CCCCCCC. The molecule has 0 aliphatic heterocycles. The van der Waals surface area contributed by atoms with Gasteiger partial charge in [0.1, 0.15) is 13.2 Å². The topological polar surface area (TPSA) is 78.9 Å². The van der Waals surface area contributed by atoms with E-state index in [0.29, 0.717) is 19.3 Å². The molecule has 0 saturated heterocycles. The van der Waals surface area contributed by atoms with Gasteiger partial charge < -0.3 is 14.2 Å². The van der Waals surface area contributed by atoms with Gasteiger partial charge in [-0.25, -0.2) is 0 Å². The third-order valence-corrected chi connectivity index (χ3v) is 12.2. The highest BCUT2D eigenvalue weighted by Gasteiger charge is 2.19. The average Bonchev–Trinajstić information content (AvgIpc) is 3.36. The van der Waals surface area contributed by atoms with Crippen LogP contribution < -0.4 is 0 Å². The van der Waals surface area contributed by atoms with Crippen LogP contribution in [0.5, 0.6) is 0 Å². The van der Waals surface area contributed by atoms with E-state index in [9.17, 15) is 14.4 Å². The van der Waals surface area contributed by atoms with Crippen molar-refractivity contribution in [3.8, 4) is 0 Å². The molecular weight excluding hydrogens is 865 g/mol. The highest BCUT2D eigenvalue weighted by Crippen LogP contribution is 2.13. The van der Waals surface area contributed by atoms with Crippen LogP contribution in [-0.2, 0) is 28.6 Å². The summed E-state index contributed by atoms with van der Waals surface area (Å²) in [7, 11) is 0. The van der Waals surface area contributed by atoms with E-state index < -0.39 is 6.10 Å². The van der Waals surface area contributed by atoms with Crippen LogP contribution in [-0.4, -0.2) is 37.2 Å². The van der Waals surface area contributed by atoms with Gasteiger partial charge >= 0.3 is 17.9 Å². The Kier molecular flexibility index (Phi) is 54.4. The predicted molar refractivity (Wildman–Crippen MR) is 302 cm³/mol. The molecule has 0 aromatic carbocycles. The molecule has 6 nitrogen and oxygen atoms in total. The van der Waals surface area contributed by atoms with Gasteiger partial charge in [-0.3, -0.25) is 14.4 Å². The second-order valence-corrected chi connectivity index (χ2v) is 19.0. The van der Waals surface area contributed by atoms with Crippen molar-refractivity contribution in [2.45, 2.75) is 264 Å². The molecule has 0 heterocycles. The maximum Gasteiger partial charge on any atom is 0.306 e. The summed E-state index contributed by atoms with van der Waals surface area (Å²) in [6, 6.07) is 0. The highest BCUT2D eigenvalue weighted by atomic mass is 16.6. The first-order chi connectivity index (χ1) is 34.5. The minimum Gasteiger partial charge on any atom is -0.462 e. The number of carbonyl (C=O) groups excluding carboxylic acids is 3. The lowest BCUT2D eigenvalue weighted by Crippen LogP contribution is -2.30. The van der Waals surface area contributed by atoms with E-state index in [4.69, 9.17) is 14.2 Å². The summed E-state index contributed by atoms with van der Waals surface area (Å²) in [5.74, 6) is -0.975. The number of rotatable bonds is 51. The summed E-state index contributed by atoms with van der Waals surface area (Å²) < 4.78 is 16.8. The Morgan fingerprint density at radius 3 is 0.857 bits per heavy atom. The molecule has 70 heavy (non-hydrogen) atoms. The van der Waals surface area contributed by atoms with E-state index >= 15 is 0 Å². The van der Waals surface area contributed by atoms with Crippen molar-refractivity contribution >= 4 is 17.9 Å². The molecule has 1 unspecified atom stereocenters. The summed E-state index contributed by atoms with van der Waals surface area (Å²) in [6.45, 7) is 6.52. The van der Waals surface area contributed by atoms with Crippen LogP contribution in [0.2, 0.25) is 0 Å². The lowest BCUT2D eigenvalue weighted by molar-refractivity contribution is -0.167. The van der Waals surface area contributed by atoms with Crippen LogP contribution >= 0.6 is 0 Å². The van der Waals surface area contributed by atoms with Gasteiger partial charge in [0.25, 0.3) is 0 Å². The summed E-state index contributed by atoms with van der Waals surface area (Å²) >= 11 is 0. The van der Waals surface area contributed by atoms with Crippen molar-refractivity contribution in [3.63, 3.8) is 0 Å². The van der Waals surface area contributed by atoms with Crippen LogP contribution in [0.3, 0.4) is 0 Å². The Bertz CT molecular complexity index is 1440. The van der Waals surface area contributed by atoms with Gasteiger partial charge in [-0.2, -0.15) is 0 Å². The maximum atomic E-state index is 12.9. The Balaban J connectivity index is 4.54. The number of hydrogen-bond acceptors (Lipinski definition) is 6. The van der Waals surface area contributed by atoms with Crippen molar-refractivity contribution in [1.82, 2.24) is 0 Å². The molecule has 0 spiro atoms. The van der Waals surface area contributed by atoms with E-state index in [2.05, 4.69) is 130 Å². The molecule has 6 heteroatoms. The van der Waals surface area contributed by atoms with E-state index in [1.165, 1.54) is 96.3 Å². The lowest BCUT2D eigenvalue weighted by atomic mass is 10.1. The van der Waals surface area contributed by atoms with Gasteiger partial charge in [-0.05, 0) is 96.3 Å². The summed E-state index contributed by atoms with van der Waals surface area (Å²) in [4.78, 5) is 38.2. The first-order valence-corrected chi connectivity index (χ1v) is 29.0. The fraction of sp³-hybridized carbons (Fsp3) is 0.672. The van der Waals surface area contributed by atoms with Crippen LogP contribution in [0.15, 0.2) is 109 Å². The van der Waals surface area contributed by atoms with Crippen LogP contribution in [0, 0.1) is 0 Å². The number of allylic oxidation sites excluding steroid dienone is 18. The number of esters is 3. The zero-order valence-electron chi connectivity index (χ0n) is 45.5. The first-order valence-electron chi connectivity index (χ1n) is 29.0. The average molecular weight is 972 g/mol. The molecular formula is C64H106O6. The molecule has 0 saturated carbocycles. The van der Waals surface area contributed by atoms with E-state index in [1.54, 1.807) is 0 Å². The Morgan fingerprint density at radius 2 is 0.514 bits per heavy atom. The van der Waals surface area contributed by atoms with E-state index in [1.807, 2.05) is 0 Å². The highest BCUT2D eigenvalue weighted by molar-refractivity contribution is 5.71. The van der Waals surface area contributed by atoms with Crippen molar-refractivity contribution < 1.29 is 28.6 Å². The van der Waals surface area contributed by atoms with Gasteiger partial charge in [0.15, 0.2) is 6.10 Å². The Morgan fingerprint density at radius 1 is 0.286 bits per heavy atom. The standard InChI is InChI=1S/C64H106O6/c1-4-7-10-13-16-19-22-25-28-31-33-36-39-42-45-48-51-54-57-63(66)69-60-61(59-68-62(65)56-53-50-47-44-41-38-35-30-27-24-21-18-15-12-9-6-3)70-64(67)58-55-52-49-46-43-40-37-34-32-29-26-23-20-17-14-11-8-5-2/h16,19,22-23,25-26,28-38,41,61H,4-15,17-18,20-21,24,27,39-40,42-60H2,1-3H3/b19-16-,25-22-,26-23-,31-28-,32-29-,35-30-,36-33-,37-34-,41-38-. The van der Waals surface area contributed by atoms with Gasteiger partial charge in [0.2, 0.25) is 0 Å². The quantitative estimate of drug-likeness (QED) is 0.0262. The monoisotopic (exact) mass is 971 g/mol. The molecule has 0 radical (unpaired) electrons. The molecule has 398 valence electrons. The van der Waals surface area contributed by atoms with E-state index in [-0.39, 0.29) is 31.1 Å². The second kappa shape index (κ2) is 57.6. The first kappa shape index (κ1) is 66.1. The molecule has 0 aromatic heterocycles. The minimum atomic E-state index is -0.813. The van der Waals surface area contributed by atoms with Crippen molar-refractivity contribution in [2.24, 2.45) is 0 Å². The van der Waals surface area contributed by atoms with E-state index in [0.717, 1.165) is 122 Å². The smallest absolute Gasteiger partial charge is 0.306 e. The summed E-state index contributed by atoms with van der Waals surface area (Å²) in [5.41, 5.74) is 0. The van der Waals surface area contributed by atoms with Crippen molar-refractivity contribution in [2.75, 3.05) is 13.2 Å². The molecule has 0 aromatic rings. The number of ether oxygens (including phenoxy) is 3. The molecule has 0 fully saturated rings. The van der Waals surface area contributed by atoms with Crippen LogP contribution in [0.4, 0.5) is 0 Å². The molecule has 0 bridgehead atoms.